The quantitative estimate of drug-likeness (QED) is 0.831. The summed E-state index contributed by atoms with van der Waals surface area (Å²) < 4.78 is 26.4. The number of benzene rings is 1. The number of nitrogens with two attached hydrogens (primary N) is 1. The van der Waals surface area contributed by atoms with Crippen LogP contribution in [-0.4, -0.2) is 8.42 Å². The Hall–Kier alpha value is -1.37. The fourth-order valence-corrected chi connectivity index (χ4v) is 3.26. The predicted octanol–water partition coefficient (Wildman–Crippen LogP) is 1.81. The van der Waals surface area contributed by atoms with Gasteiger partial charge in [0.05, 0.1) is 5.69 Å². The molecule has 90 valence electrons. The van der Waals surface area contributed by atoms with Crippen LogP contribution in [0.2, 0.25) is 0 Å². The van der Waals surface area contributed by atoms with Crippen LogP contribution >= 0.6 is 11.3 Å². The maximum absolute atomic E-state index is 12.0. The molecule has 0 amide bonds. The van der Waals surface area contributed by atoms with Gasteiger partial charge in [0, 0.05) is 11.4 Å². The molecule has 2 rings (SSSR count). The van der Waals surface area contributed by atoms with Crippen molar-refractivity contribution >= 4 is 27.0 Å². The van der Waals surface area contributed by atoms with Crippen LogP contribution in [0.15, 0.2) is 46.7 Å². The second-order valence-corrected chi connectivity index (χ2v) is 6.21. The monoisotopic (exact) mass is 268 g/mol. The zero-order chi connectivity index (χ0) is 12.3. The highest BCUT2D eigenvalue weighted by molar-refractivity contribution is 7.89. The fourth-order valence-electron chi connectivity index (χ4n) is 1.38. The third kappa shape index (κ3) is 2.85. The van der Waals surface area contributed by atoms with E-state index in [1.807, 2.05) is 17.5 Å². The average Bonchev–Trinajstić information content (AvgIpc) is 2.80. The standard InChI is InChI=1S/C11H12N2O2S2/c12-10-5-1-2-6-11(10)17(14,15)13-8-9-4-3-7-16-9/h1-7,13H,8,12H2. The number of thiophene rings is 1. The summed E-state index contributed by atoms with van der Waals surface area (Å²) in [5, 5.41) is 1.90. The molecule has 17 heavy (non-hydrogen) atoms. The van der Waals surface area contributed by atoms with Crippen molar-refractivity contribution in [1.29, 1.82) is 0 Å². The lowest BCUT2D eigenvalue weighted by Gasteiger charge is -2.07. The minimum Gasteiger partial charge on any atom is -0.398 e. The summed E-state index contributed by atoms with van der Waals surface area (Å²) in [6.45, 7) is 0.286. The van der Waals surface area contributed by atoms with Gasteiger partial charge < -0.3 is 5.73 Å². The summed E-state index contributed by atoms with van der Waals surface area (Å²) >= 11 is 1.50. The molecule has 0 unspecified atom stereocenters. The average molecular weight is 268 g/mol. The first kappa shape index (κ1) is 12.1. The minimum absolute atomic E-state index is 0.122. The highest BCUT2D eigenvalue weighted by atomic mass is 32.2. The molecule has 0 saturated heterocycles. The minimum atomic E-state index is -3.54. The van der Waals surface area contributed by atoms with Gasteiger partial charge in [-0.25, -0.2) is 13.1 Å². The van der Waals surface area contributed by atoms with Gasteiger partial charge in [-0.2, -0.15) is 0 Å². The van der Waals surface area contributed by atoms with Gasteiger partial charge in [-0.05, 0) is 23.6 Å². The predicted molar refractivity (Wildman–Crippen MR) is 69.2 cm³/mol. The highest BCUT2D eigenvalue weighted by Gasteiger charge is 2.16. The molecule has 0 spiro atoms. The zero-order valence-electron chi connectivity index (χ0n) is 8.96. The Kier molecular flexibility index (Phi) is 3.46. The lowest BCUT2D eigenvalue weighted by Crippen LogP contribution is -2.23. The molecule has 1 heterocycles. The first-order valence-corrected chi connectivity index (χ1v) is 7.32. The van der Waals surface area contributed by atoms with E-state index in [2.05, 4.69) is 4.72 Å². The summed E-state index contributed by atoms with van der Waals surface area (Å²) in [4.78, 5) is 1.08. The Morgan fingerprint density at radius 3 is 2.59 bits per heavy atom. The molecule has 0 aliphatic heterocycles. The molecule has 0 radical (unpaired) electrons. The molecular weight excluding hydrogens is 256 g/mol. The second kappa shape index (κ2) is 4.87. The molecule has 3 N–H and O–H groups in total. The highest BCUT2D eigenvalue weighted by Crippen LogP contribution is 2.17. The Bertz CT molecular complexity index is 592. The van der Waals surface area contributed by atoms with Crippen molar-refractivity contribution in [2.24, 2.45) is 0 Å². The van der Waals surface area contributed by atoms with Gasteiger partial charge in [0.25, 0.3) is 0 Å². The normalized spacial score (nSPS) is 11.5. The molecule has 0 bridgehead atoms. The summed E-state index contributed by atoms with van der Waals surface area (Å²) in [7, 11) is -3.54. The molecule has 0 fully saturated rings. The van der Waals surface area contributed by atoms with E-state index in [1.165, 1.54) is 17.4 Å². The van der Waals surface area contributed by atoms with Crippen LogP contribution in [0.4, 0.5) is 5.69 Å². The number of rotatable bonds is 4. The zero-order valence-corrected chi connectivity index (χ0v) is 10.6. The van der Waals surface area contributed by atoms with Crippen LogP contribution in [0.25, 0.3) is 0 Å². The number of anilines is 1. The lowest BCUT2D eigenvalue weighted by atomic mass is 10.3. The van der Waals surface area contributed by atoms with Gasteiger partial charge in [0.15, 0.2) is 0 Å². The first-order valence-electron chi connectivity index (χ1n) is 4.96. The Morgan fingerprint density at radius 1 is 1.18 bits per heavy atom. The van der Waals surface area contributed by atoms with Crippen LogP contribution in [-0.2, 0) is 16.6 Å². The van der Waals surface area contributed by atoms with E-state index in [0.29, 0.717) is 0 Å². The smallest absolute Gasteiger partial charge is 0.242 e. The first-order chi connectivity index (χ1) is 8.09. The van der Waals surface area contributed by atoms with Gasteiger partial charge >= 0.3 is 0 Å². The van der Waals surface area contributed by atoms with Crippen molar-refractivity contribution in [3.8, 4) is 0 Å². The van der Waals surface area contributed by atoms with Gasteiger partial charge in [-0.3, -0.25) is 0 Å². The van der Waals surface area contributed by atoms with E-state index >= 15 is 0 Å². The summed E-state index contributed by atoms with van der Waals surface area (Å²) in [6, 6.07) is 10.2. The number of nitrogens with one attached hydrogen (secondary N) is 1. The third-order valence-electron chi connectivity index (χ3n) is 2.23. The number of hydrogen-bond acceptors (Lipinski definition) is 4. The third-order valence-corrected chi connectivity index (χ3v) is 4.58. The lowest BCUT2D eigenvalue weighted by molar-refractivity contribution is 0.582. The molecule has 6 heteroatoms. The Labute approximate surface area is 104 Å². The topological polar surface area (TPSA) is 72.2 Å². The van der Waals surface area contributed by atoms with E-state index < -0.39 is 10.0 Å². The van der Waals surface area contributed by atoms with Crippen LogP contribution in [0, 0.1) is 0 Å². The van der Waals surface area contributed by atoms with Crippen molar-refractivity contribution in [1.82, 2.24) is 4.72 Å². The number of sulfonamides is 1. The van der Waals surface area contributed by atoms with E-state index in [-0.39, 0.29) is 17.1 Å². The van der Waals surface area contributed by atoms with Crippen molar-refractivity contribution in [2.45, 2.75) is 11.4 Å². The van der Waals surface area contributed by atoms with Crippen LogP contribution in [0.1, 0.15) is 4.88 Å². The van der Waals surface area contributed by atoms with Crippen LogP contribution in [0.3, 0.4) is 0 Å². The van der Waals surface area contributed by atoms with Crippen LogP contribution < -0.4 is 10.5 Å². The van der Waals surface area contributed by atoms with E-state index in [0.717, 1.165) is 4.88 Å². The van der Waals surface area contributed by atoms with Crippen molar-refractivity contribution in [3.63, 3.8) is 0 Å². The van der Waals surface area contributed by atoms with Gasteiger partial charge in [-0.15, -0.1) is 11.3 Å². The largest absolute Gasteiger partial charge is 0.398 e. The Morgan fingerprint density at radius 2 is 1.94 bits per heavy atom. The molecular formula is C11H12N2O2S2. The fraction of sp³-hybridized carbons (Fsp3) is 0.0909. The molecule has 0 aliphatic rings. The number of para-hydroxylation sites is 1. The molecule has 2 aromatic rings. The second-order valence-electron chi connectivity index (χ2n) is 3.44. The Balaban J connectivity index is 2.17. The molecule has 4 nitrogen and oxygen atoms in total. The summed E-state index contributed by atoms with van der Waals surface area (Å²) in [5.74, 6) is 0. The maximum atomic E-state index is 12.0. The number of hydrogen-bond donors (Lipinski definition) is 2. The van der Waals surface area contributed by atoms with Crippen molar-refractivity contribution in [2.75, 3.05) is 5.73 Å². The molecule has 0 atom stereocenters. The van der Waals surface area contributed by atoms with E-state index in [4.69, 9.17) is 5.73 Å². The van der Waals surface area contributed by atoms with Crippen LogP contribution in [0.5, 0.6) is 0 Å². The van der Waals surface area contributed by atoms with Crippen molar-refractivity contribution in [3.05, 3.63) is 46.7 Å². The maximum Gasteiger partial charge on any atom is 0.242 e. The van der Waals surface area contributed by atoms with Crippen molar-refractivity contribution < 1.29 is 8.42 Å². The summed E-state index contributed by atoms with van der Waals surface area (Å²) in [6.07, 6.45) is 0. The molecule has 0 saturated carbocycles. The van der Waals surface area contributed by atoms with Gasteiger partial charge in [0.1, 0.15) is 4.90 Å². The molecule has 0 aliphatic carbocycles. The summed E-state index contributed by atoms with van der Waals surface area (Å²) in [5.41, 5.74) is 5.89. The van der Waals surface area contributed by atoms with E-state index in [1.54, 1.807) is 18.2 Å². The van der Waals surface area contributed by atoms with Gasteiger partial charge in [-0.1, -0.05) is 18.2 Å². The molecule has 1 aromatic heterocycles. The van der Waals surface area contributed by atoms with Gasteiger partial charge in [0.2, 0.25) is 10.0 Å². The number of nitrogen functional groups attached to an aromatic ring is 1. The molecule has 1 aromatic carbocycles. The SMILES string of the molecule is Nc1ccccc1S(=O)(=O)NCc1cccs1. The van der Waals surface area contributed by atoms with E-state index in [9.17, 15) is 8.42 Å².